The summed E-state index contributed by atoms with van der Waals surface area (Å²) in [7, 11) is 1.62. The van der Waals surface area contributed by atoms with E-state index in [0.717, 1.165) is 16.8 Å². The van der Waals surface area contributed by atoms with Gasteiger partial charge in [0.05, 0.1) is 17.7 Å². The predicted octanol–water partition coefficient (Wildman–Crippen LogP) is 7.20. The fraction of sp³-hybridized carbons (Fsp3) is 0.345. The van der Waals surface area contributed by atoms with Crippen LogP contribution in [-0.2, 0) is 17.1 Å². The largest absolute Gasteiger partial charge is 0.416 e. The van der Waals surface area contributed by atoms with Gasteiger partial charge in [-0.1, -0.05) is 42.5 Å². The Hall–Kier alpha value is -3.53. The molecule has 3 aromatic carbocycles. The molecule has 0 radical (unpaired) electrons. The van der Waals surface area contributed by atoms with Gasteiger partial charge < -0.3 is 15.0 Å². The van der Waals surface area contributed by atoms with Crippen molar-refractivity contribution >= 4 is 11.6 Å². The van der Waals surface area contributed by atoms with Gasteiger partial charge in [0.25, 0.3) is 5.91 Å². The lowest BCUT2D eigenvalue weighted by Gasteiger charge is -2.39. The monoisotopic (exact) mass is 550 g/mol. The molecule has 10 heteroatoms. The van der Waals surface area contributed by atoms with Crippen LogP contribution in [0.5, 0.6) is 0 Å². The quantitative estimate of drug-likeness (QED) is 0.250. The normalized spacial score (nSPS) is 18.2. The van der Waals surface area contributed by atoms with E-state index in [4.69, 9.17) is 4.74 Å². The number of carbonyl (C=O) groups is 1. The highest BCUT2D eigenvalue weighted by molar-refractivity contribution is 5.95. The lowest BCUT2D eigenvalue weighted by molar-refractivity contribution is -0.143. The second-order valence-corrected chi connectivity index (χ2v) is 9.50. The van der Waals surface area contributed by atoms with Crippen LogP contribution in [0.15, 0.2) is 72.8 Å². The summed E-state index contributed by atoms with van der Waals surface area (Å²) < 4.78 is 85.3. The minimum atomic E-state index is -5.03. The Morgan fingerprint density at radius 1 is 0.872 bits per heavy atom. The number of rotatable bonds is 7. The molecule has 2 unspecified atom stereocenters. The Bertz CT molecular complexity index is 1230. The zero-order valence-corrected chi connectivity index (χ0v) is 21.1. The molecule has 1 fully saturated rings. The summed E-state index contributed by atoms with van der Waals surface area (Å²) in [6.45, 7) is 1.55. The number of likely N-dealkylation sites (tertiary alicyclic amines) is 1. The summed E-state index contributed by atoms with van der Waals surface area (Å²) in [5, 5.41) is 3.25. The maximum Gasteiger partial charge on any atom is 0.416 e. The van der Waals surface area contributed by atoms with E-state index in [0.29, 0.717) is 31.7 Å². The van der Waals surface area contributed by atoms with Gasteiger partial charge in [0, 0.05) is 43.9 Å². The number of methoxy groups -OCH3 is 1. The third-order valence-corrected chi connectivity index (χ3v) is 6.94. The van der Waals surface area contributed by atoms with E-state index in [1.54, 1.807) is 7.11 Å². The predicted molar refractivity (Wildman–Crippen MR) is 136 cm³/mol. The van der Waals surface area contributed by atoms with E-state index < -0.39 is 35.0 Å². The molecule has 4 rings (SSSR count). The Kier molecular flexibility index (Phi) is 8.54. The van der Waals surface area contributed by atoms with E-state index in [2.05, 4.69) is 5.32 Å². The summed E-state index contributed by atoms with van der Waals surface area (Å²) in [6.07, 6.45) is -9.56. The Morgan fingerprint density at radius 3 is 2.03 bits per heavy atom. The van der Waals surface area contributed by atoms with Gasteiger partial charge in [0.15, 0.2) is 0 Å². The number of halogens is 6. The van der Waals surface area contributed by atoms with Crippen molar-refractivity contribution < 1.29 is 35.9 Å². The molecule has 0 aliphatic carbocycles. The van der Waals surface area contributed by atoms with Gasteiger partial charge in [-0.15, -0.1) is 0 Å². The van der Waals surface area contributed by atoms with Crippen molar-refractivity contribution in [1.29, 1.82) is 0 Å². The van der Waals surface area contributed by atoms with Crippen molar-refractivity contribution in [2.45, 2.75) is 30.6 Å². The number of piperidine rings is 1. The number of nitrogens with one attached hydrogen (secondary N) is 1. The van der Waals surface area contributed by atoms with Crippen LogP contribution in [0.25, 0.3) is 0 Å². The summed E-state index contributed by atoms with van der Waals surface area (Å²) >= 11 is 0. The van der Waals surface area contributed by atoms with Crippen molar-refractivity contribution in [2.24, 2.45) is 0 Å². The molecule has 1 amide bonds. The number of hydrogen-bond acceptors (Lipinski definition) is 3. The molecule has 3 aromatic rings. The molecule has 208 valence electrons. The van der Waals surface area contributed by atoms with E-state index in [1.165, 1.54) is 4.90 Å². The van der Waals surface area contributed by atoms with Crippen molar-refractivity contribution in [1.82, 2.24) is 4.90 Å². The second kappa shape index (κ2) is 11.7. The molecular formula is C29H28F6N2O2. The number of alkyl halides is 6. The summed E-state index contributed by atoms with van der Waals surface area (Å²) in [5.74, 6) is -1.07. The van der Waals surface area contributed by atoms with Crippen molar-refractivity contribution in [2.75, 3.05) is 38.7 Å². The van der Waals surface area contributed by atoms with Crippen LogP contribution in [0.2, 0.25) is 0 Å². The number of hydrogen-bond donors (Lipinski definition) is 1. The van der Waals surface area contributed by atoms with Gasteiger partial charge in [0.1, 0.15) is 0 Å². The smallest absolute Gasteiger partial charge is 0.383 e. The zero-order chi connectivity index (χ0) is 28.2. The van der Waals surface area contributed by atoms with Crippen LogP contribution in [0.3, 0.4) is 0 Å². The molecule has 1 aliphatic heterocycles. The fourth-order valence-electron chi connectivity index (χ4n) is 4.98. The number of nitrogens with zero attached hydrogens (tertiary/aromatic N) is 1. The molecule has 2 atom stereocenters. The zero-order valence-electron chi connectivity index (χ0n) is 21.1. The van der Waals surface area contributed by atoms with Crippen LogP contribution < -0.4 is 5.32 Å². The number of benzene rings is 3. The molecule has 1 heterocycles. The molecule has 1 saturated heterocycles. The highest BCUT2D eigenvalue weighted by atomic mass is 19.4. The first-order valence-electron chi connectivity index (χ1n) is 12.4. The van der Waals surface area contributed by atoms with Crippen LogP contribution in [-0.4, -0.2) is 44.2 Å². The maximum absolute atomic E-state index is 13.4. The summed E-state index contributed by atoms with van der Waals surface area (Å²) in [5.41, 5.74) is -0.753. The first-order chi connectivity index (χ1) is 18.5. The first kappa shape index (κ1) is 28.5. The Balaban J connectivity index is 1.62. The Labute approximate surface area is 222 Å². The topological polar surface area (TPSA) is 41.6 Å². The molecule has 0 saturated carbocycles. The molecule has 0 spiro atoms. The lowest BCUT2D eigenvalue weighted by atomic mass is 9.76. The average Bonchev–Trinajstić information content (AvgIpc) is 2.92. The van der Waals surface area contributed by atoms with Gasteiger partial charge in [-0.3, -0.25) is 4.79 Å². The Morgan fingerprint density at radius 2 is 1.46 bits per heavy atom. The molecular weight excluding hydrogens is 522 g/mol. The first-order valence-corrected chi connectivity index (χ1v) is 12.4. The third-order valence-electron chi connectivity index (χ3n) is 6.94. The fourth-order valence-corrected chi connectivity index (χ4v) is 4.98. The minimum Gasteiger partial charge on any atom is -0.383 e. The lowest BCUT2D eigenvalue weighted by Crippen LogP contribution is -2.42. The average molecular weight is 551 g/mol. The highest BCUT2D eigenvalue weighted by Gasteiger charge is 2.39. The van der Waals surface area contributed by atoms with Crippen molar-refractivity contribution in [3.8, 4) is 0 Å². The van der Waals surface area contributed by atoms with Gasteiger partial charge >= 0.3 is 12.4 Å². The SMILES string of the molecule is COCCNc1ccc(C2CCN(C(=O)c3cc(C(F)(F)F)cc(C(F)(F)F)c3)CC2c2ccccc2)cc1. The summed E-state index contributed by atoms with van der Waals surface area (Å²) in [6, 6.07) is 18.3. The molecule has 0 bridgehead atoms. The third kappa shape index (κ3) is 6.92. The van der Waals surface area contributed by atoms with Crippen LogP contribution in [0.1, 0.15) is 50.9 Å². The van der Waals surface area contributed by atoms with Gasteiger partial charge in [-0.05, 0) is 53.8 Å². The second-order valence-electron chi connectivity index (χ2n) is 9.50. The van der Waals surface area contributed by atoms with E-state index >= 15 is 0 Å². The maximum atomic E-state index is 13.4. The molecule has 4 nitrogen and oxygen atoms in total. The molecule has 1 N–H and O–H groups in total. The van der Waals surface area contributed by atoms with Crippen LogP contribution in [0.4, 0.5) is 32.0 Å². The van der Waals surface area contributed by atoms with Crippen LogP contribution >= 0.6 is 0 Å². The van der Waals surface area contributed by atoms with Crippen molar-refractivity contribution in [3.05, 3.63) is 101 Å². The standard InChI is InChI=1S/C29H28F6N2O2/c1-39-14-12-36-24-9-7-20(8-10-24)25-11-13-37(18-26(25)19-5-3-2-4-6-19)27(38)21-15-22(28(30,31)32)17-23(16-21)29(33,34)35/h2-10,15-17,25-26,36H,11-14,18H2,1H3. The van der Waals surface area contributed by atoms with Gasteiger partial charge in [0.2, 0.25) is 0 Å². The molecule has 39 heavy (non-hydrogen) atoms. The van der Waals surface area contributed by atoms with Crippen LogP contribution in [0, 0.1) is 0 Å². The number of carbonyl (C=O) groups excluding carboxylic acids is 1. The van der Waals surface area contributed by atoms with E-state index in [-0.39, 0.29) is 31.0 Å². The van der Waals surface area contributed by atoms with Gasteiger partial charge in [-0.25, -0.2) is 0 Å². The van der Waals surface area contributed by atoms with E-state index in [1.807, 2.05) is 54.6 Å². The van der Waals surface area contributed by atoms with E-state index in [9.17, 15) is 31.1 Å². The number of anilines is 1. The summed E-state index contributed by atoms with van der Waals surface area (Å²) in [4.78, 5) is 14.7. The van der Waals surface area contributed by atoms with Crippen molar-refractivity contribution in [3.63, 3.8) is 0 Å². The molecule has 0 aromatic heterocycles. The highest BCUT2D eigenvalue weighted by Crippen LogP contribution is 2.41. The van der Waals surface area contributed by atoms with Gasteiger partial charge in [-0.2, -0.15) is 26.3 Å². The minimum absolute atomic E-state index is 0.00304. The molecule has 1 aliphatic rings. The number of ether oxygens (including phenoxy) is 1. The number of amides is 1.